The van der Waals surface area contributed by atoms with Crippen molar-refractivity contribution in [3.8, 4) is 0 Å². The molecule has 0 aliphatic carbocycles. The second-order valence-electron chi connectivity index (χ2n) is 6.98. The highest BCUT2D eigenvalue weighted by Gasteiger charge is 2.55. The molecule has 0 spiro atoms. The molecule has 0 aromatic heterocycles. The van der Waals surface area contributed by atoms with Crippen molar-refractivity contribution < 1.29 is 14.3 Å². The summed E-state index contributed by atoms with van der Waals surface area (Å²) in [5.41, 5.74) is 1.14. The van der Waals surface area contributed by atoms with Gasteiger partial charge in [0.15, 0.2) is 0 Å². The average Bonchev–Trinajstić information content (AvgIpc) is 2.95. The van der Waals surface area contributed by atoms with Crippen LogP contribution in [0.3, 0.4) is 0 Å². The predicted octanol–water partition coefficient (Wildman–Crippen LogP) is 4.46. The molecule has 23 heavy (non-hydrogen) atoms. The summed E-state index contributed by atoms with van der Waals surface area (Å²) in [6.07, 6.45) is 4.34. The van der Waals surface area contributed by atoms with Gasteiger partial charge in [0.25, 0.3) is 0 Å². The zero-order chi connectivity index (χ0) is 17.2. The van der Waals surface area contributed by atoms with Gasteiger partial charge in [0.05, 0.1) is 20.6 Å². The van der Waals surface area contributed by atoms with Gasteiger partial charge in [-0.2, -0.15) is 0 Å². The number of carbonyl (C=O) groups excluding carboxylic acids is 2. The van der Waals surface area contributed by atoms with E-state index in [2.05, 4.69) is 53.7 Å². The van der Waals surface area contributed by atoms with Crippen LogP contribution in [0.25, 0.3) is 0 Å². The van der Waals surface area contributed by atoms with Crippen molar-refractivity contribution in [3.63, 3.8) is 0 Å². The predicted molar refractivity (Wildman–Crippen MR) is 96.0 cm³/mol. The molecule has 5 heteroatoms. The number of carbonyl (C=O) groups is 2. The lowest BCUT2D eigenvalue weighted by molar-refractivity contribution is -0.151. The van der Waals surface area contributed by atoms with Crippen molar-refractivity contribution in [2.24, 2.45) is 11.8 Å². The maximum atomic E-state index is 12.6. The number of thioether (sulfide) groups is 2. The van der Waals surface area contributed by atoms with E-state index < -0.39 is 21.4 Å². The maximum absolute atomic E-state index is 12.6. The number of allylic oxidation sites excluding steroid dienone is 4. The van der Waals surface area contributed by atoms with E-state index in [4.69, 9.17) is 4.74 Å². The summed E-state index contributed by atoms with van der Waals surface area (Å²) in [4.78, 5) is 27.5. The van der Waals surface area contributed by atoms with Gasteiger partial charge in [-0.3, -0.25) is 0 Å². The third kappa shape index (κ3) is 2.35. The van der Waals surface area contributed by atoms with Gasteiger partial charge in [-0.05, 0) is 49.3 Å². The Labute approximate surface area is 146 Å². The molecule has 0 aromatic carbocycles. The van der Waals surface area contributed by atoms with Gasteiger partial charge in [-0.15, -0.1) is 23.5 Å². The van der Waals surface area contributed by atoms with Crippen LogP contribution in [0, 0.1) is 11.8 Å². The van der Waals surface area contributed by atoms with E-state index in [0.717, 1.165) is 0 Å². The summed E-state index contributed by atoms with van der Waals surface area (Å²) in [5, 5.41) is 0. The highest BCUT2D eigenvalue weighted by molar-refractivity contribution is 8.05. The highest BCUT2D eigenvalue weighted by atomic mass is 32.2. The van der Waals surface area contributed by atoms with Crippen molar-refractivity contribution in [1.29, 1.82) is 0 Å². The van der Waals surface area contributed by atoms with Crippen LogP contribution in [0.4, 0.5) is 0 Å². The van der Waals surface area contributed by atoms with Crippen molar-refractivity contribution in [2.45, 2.75) is 51.0 Å². The molecule has 3 aliphatic heterocycles. The fourth-order valence-electron chi connectivity index (χ4n) is 3.79. The molecule has 0 aromatic rings. The molecule has 0 saturated carbocycles. The van der Waals surface area contributed by atoms with Gasteiger partial charge in [-0.1, -0.05) is 26.0 Å². The minimum absolute atomic E-state index is 0.176. The molecule has 3 heterocycles. The van der Waals surface area contributed by atoms with Gasteiger partial charge >= 0.3 is 11.9 Å². The van der Waals surface area contributed by atoms with E-state index in [1.807, 2.05) is 0 Å². The Balaban J connectivity index is 2.17. The standard InChI is InChI=1S/C18H22O3S2/c1-9-7-11(3)22-17(9,5)13-14(16(20)21-15(13)19)18(6)10(2)8-12(4)23-18/h7-10H,1-6H3. The number of hydrogen-bond donors (Lipinski definition) is 0. The first-order chi connectivity index (χ1) is 10.6. The Hall–Kier alpha value is -0.940. The van der Waals surface area contributed by atoms with Crippen LogP contribution in [0.1, 0.15) is 41.5 Å². The van der Waals surface area contributed by atoms with E-state index in [-0.39, 0.29) is 11.8 Å². The molecule has 3 aliphatic rings. The van der Waals surface area contributed by atoms with E-state index in [0.29, 0.717) is 11.1 Å². The van der Waals surface area contributed by atoms with Crippen LogP contribution >= 0.6 is 23.5 Å². The summed E-state index contributed by atoms with van der Waals surface area (Å²) < 4.78 is 4.20. The lowest BCUT2D eigenvalue weighted by Crippen LogP contribution is -2.37. The number of hydrogen-bond acceptors (Lipinski definition) is 5. The van der Waals surface area contributed by atoms with Crippen LogP contribution < -0.4 is 0 Å². The lowest BCUT2D eigenvalue weighted by Gasteiger charge is -2.34. The van der Waals surface area contributed by atoms with Crippen LogP contribution in [0.15, 0.2) is 33.1 Å². The van der Waals surface area contributed by atoms with Crippen LogP contribution in [-0.4, -0.2) is 21.4 Å². The molecule has 0 N–H and O–H groups in total. The van der Waals surface area contributed by atoms with Crippen molar-refractivity contribution >= 4 is 35.5 Å². The first kappa shape index (κ1) is 16.9. The highest BCUT2D eigenvalue weighted by Crippen LogP contribution is 2.58. The van der Waals surface area contributed by atoms with Gasteiger partial charge in [-0.25, -0.2) is 9.59 Å². The Morgan fingerprint density at radius 2 is 1.22 bits per heavy atom. The molecule has 4 atom stereocenters. The monoisotopic (exact) mass is 350 g/mol. The zero-order valence-electron chi connectivity index (χ0n) is 14.4. The molecule has 0 radical (unpaired) electrons. The summed E-state index contributed by atoms with van der Waals surface area (Å²) >= 11 is 3.33. The van der Waals surface area contributed by atoms with Crippen molar-refractivity contribution in [3.05, 3.63) is 33.1 Å². The Morgan fingerprint density at radius 1 is 0.870 bits per heavy atom. The van der Waals surface area contributed by atoms with Gasteiger partial charge in [0, 0.05) is 0 Å². The minimum atomic E-state index is -0.464. The number of esters is 2. The lowest BCUT2D eigenvalue weighted by atomic mass is 9.79. The topological polar surface area (TPSA) is 43.4 Å². The first-order valence-electron chi connectivity index (χ1n) is 7.86. The molecular weight excluding hydrogens is 328 g/mol. The average molecular weight is 351 g/mol. The molecule has 0 saturated heterocycles. The quantitative estimate of drug-likeness (QED) is 0.543. The molecule has 0 amide bonds. The third-order valence-electron chi connectivity index (χ3n) is 5.29. The molecule has 0 fully saturated rings. The van der Waals surface area contributed by atoms with E-state index in [1.165, 1.54) is 9.81 Å². The molecule has 3 nitrogen and oxygen atoms in total. The summed E-state index contributed by atoms with van der Waals surface area (Å²) in [6, 6.07) is 0. The van der Waals surface area contributed by atoms with Crippen LogP contribution in [0.2, 0.25) is 0 Å². The molecule has 3 rings (SSSR count). The largest absolute Gasteiger partial charge is 0.386 e. The normalized spacial score (nSPS) is 40.6. The van der Waals surface area contributed by atoms with E-state index in [9.17, 15) is 9.59 Å². The number of cyclic esters (lactones) is 2. The molecule has 4 unspecified atom stereocenters. The Kier molecular flexibility index (Phi) is 3.88. The summed E-state index contributed by atoms with van der Waals surface area (Å²) in [7, 11) is 0. The van der Waals surface area contributed by atoms with Crippen LogP contribution in [-0.2, 0) is 14.3 Å². The fraction of sp³-hybridized carbons (Fsp3) is 0.556. The smallest absolute Gasteiger partial charge is 0.343 e. The second kappa shape index (κ2) is 5.28. The second-order valence-corrected chi connectivity index (χ2v) is 10.4. The first-order valence-corrected chi connectivity index (χ1v) is 9.49. The summed E-state index contributed by atoms with van der Waals surface area (Å²) in [5.74, 6) is -0.576. The minimum Gasteiger partial charge on any atom is -0.386 e. The van der Waals surface area contributed by atoms with Gasteiger partial charge in [0.2, 0.25) is 0 Å². The van der Waals surface area contributed by atoms with Gasteiger partial charge in [0.1, 0.15) is 0 Å². The third-order valence-corrected chi connectivity index (χ3v) is 8.21. The SMILES string of the molecule is CC1=CC(C)C(C)(C2=C(C3(C)SC(C)=CC3C)C(=O)OC2=O)S1. The maximum Gasteiger partial charge on any atom is 0.343 e. The van der Waals surface area contributed by atoms with Gasteiger partial charge < -0.3 is 4.74 Å². The van der Waals surface area contributed by atoms with Crippen molar-refractivity contribution in [2.75, 3.05) is 0 Å². The number of ether oxygens (including phenoxy) is 1. The molecular formula is C18H22O3S2. The zero-order valence-corrected chi connectivity index (χ0v) is 16.0. The Bertz CT molecular complexity index is 645. The summed E-state index contributed by atoms with van der Waals surface area (Å²) in [6.45, 7) is 12.4. The molecule has 0 bridgehead atoms. The number of rotatable bonds is 2. The van der Waals surface area contributed by atoms with Crippen molar-refractivity contribution in [1.82, 2.24) is 0 Å². The van der Waals surface area contributed by atoms with E-state index >= 15 is 0 Å². The molecule has 124 valence electrons. The Morgan fingerprint density at radius 3 is 1.48 bits per heavy atom. The fourth-order valence-corrected chi connectivity index (χ4v) is 6.76. The van der Waals surface area contributed by atoms with Crippen LogP contribution in [0.5, 0.6) is 0 Å². The van der Waals surface area contributed by atoms with E-state index in [1.54, 1.807) is 23.5 Å².